The molecule has 4 aliphatic rings. The van der Waals surface area contributed by atoms with E-state index in [9.17, 15) is 24.3 Å². The highest BCUT2D eigenvalue weighted by molar-refractivity contribution is 5.87. The van der Waals surface area contributed by atoms with E-state index in [2.05, 4.69) is 6.92 Å². The zero-order chi connectivity index (χ0) is 32.4. The monoisotopic (exact) mass is 612 g/mol. The first kappa shape index (κ1) is 32.2. The molecule has 0 spiro atoms. The number of hydrogen-bond donors (Lipinski definition) is 1. The zero-order valence-corrected chi connectivity index (χ0v) is 26.7. The van der Waals surface area contributed by atoms with E-state index >= 15 is 0 Å². The van der Waals surface area contributed by atoms with Crippen molar-refractivity contribution in [2.45, 2.75) is 104 Å². The van der Waals surface area contributed by atoms with Crippen LogP contribution in [-0.2, 0) is 38.1 Å². The van der Waals surface area contributed by atoms with Gasteiger partial charge in [0.15, 0.2) is 0 Å². The van der Waals surface area contributed by atoms with Crippen molar-refractivity contribution in [2.24, 2.45) is 28.1 Å². The van der Waals surface area contributed by atoms with Crippen LogP contribution in [0.1, 0.15) is 79.2 Å². The Balaban J connectivity index is 1.79. The van der Waals surface area contributed by atoms with Gasteiger partial charge in [0.1, 0.15) is 24.6 Å². The number of rotatable bonds is 7. The summed E-state index contributed by atoms with van der Waals surface area (Å²) in [6.07, 6.45) is 1.94. The summed E-state index contributed by atoms with van der Waals surface area (Å²) in [6, 6.07) is 1.93. The van der Waals surface area contributed by atoms with E-state index in [4.69, 9.17) is 23.4 Å². The van der Waals surface area contributed by atoms with Gasteiger partial charge >= 0.3 is 17.9 Å². The summed E-state index contributed by atoms with van der Waals surface area (Å²) in [6.45, 7) is 12.3. The van der Waals surface area contributed by atoms with Gasteiger partial charge in [0.05, 0.1) is 37.3 Å². The zero-order valence-electron chi connectivity index (χ0n) is 26.7. The van der Waals surface area contributed by atoms with E-state index < -0.39 is 70.4 Å². The predicted octanol–water partition coefficient (Wildman–Crippen LogP) is 4.45. The standard InChI is InChI=1S/C34H44O10/c1-9-17(2)31(39)44-25-14-24(37)32(5,16-35)29-28(42-19(4)36)30-34(7,23(33(25,29)6)13-26(38)40-8)27-18(3)21(12-22(27)43-30)20-10-11-41-15-20/h9-11,15-16,21-25,28-30,37H,12-14H2,1-8H3/b17-9+/t21-,22+,23+,24-,25-,28+,29-,30-,32+,33+,34+/m1/s1. The molecule has 0 unspecified atom stereocenters. The molecule has 10 heteroatoms. The van der Waals surface area contributed by atoms with Crippen molar-refractivity contribution in [1.82, 2.24) is 0 Å². The van der Waals surface area contributed by atoms with Gasteiger partial charge in [-0.25, -0.2) is 4.79 Å². The van der Waals surface area contributed by atoms with Crippen LogP contribution in [0, 0.1) is 28.1 Å². The summed E-state index contributed by atoms with van der Waals surface area (Å²) in [5.41, 5.74) is -0.00747. The van der Waals surface area contributed by atoms with Crippen LogP contribution in [0.15, 0.2) is 45.8 Å². The SMILES string of the molecule is C/C=C(\C)C(=O)O[C@@H]1C[C@@H](O)[C@](C)(C=O)[C@H]2[C@H](OC(C)=O)[C@H]3O[C@H]4C[C@@H](c5ccoc5)C(C)=C4[C@]3(C)[C@@H](CC(=O)OC)[C@]21C. The lowest BCUT2D eigenvalue weighted by Crippen LogP contribution is -2.73. The van der Waals surface area contributed by atoms with Crippen molar-refractivity contribution in [3.63, 3.8) is 0 Å². The van der Waals surface area contributed by atoms with Crippen molar-refractivity contribution in [2.75, 3.05) is 7.11 Å². The van der Waals surface area contributed by atoms with Crippen molar-refractivity contribution in [3.8, 4) is 0 Å². The summed E-state index contributed by atoms with van der Waals surface area (Å²) >= 11 is 0. The first-order valence-electron chi connectivity index (χ1n) is 15.3. The Hall–Kier alpha value is -3.24. The Labute approximate surface area is 258 Å². The fourth-order valence-electron chi connectivity index (χ4n) is 9.41. The summed E-state index contributed by atoms with van der Waals surface area (Å²) in [5, 5.41) is 11.5. The molecule has 44 heavy (non-hydrogen) atoms. The minimum absolute atomic E-state index is 0.0161. The highest BCUT2D eigenvalue weighted by Gasteiger charge is 2.76. The second-order valence-electron chi connectivity index (χ2n) is 13.6. The third-order valence-electron chi connectivity index (χ3n) is 11.6. The molecule has 3 aliphatic carbocycles. The predicted molar refractivity (Wildman–Crippen MR) is 157 cm³/mol. The molecule has 5 rings (SSSR count). The highest BCUT2D eigenvalue weighted by atomic mass is 16.6. The van der Waals surface area contributed by atoms with Crippen LogP contribution in [-0.4, -0.2) is 66.9 Å². The van der Waals surface area contributed by atoms with Crippen molar-refractivity contribution < 1.29 is 47.6 Å². The second-order valence-corrected chi connectivity index (χ2v) is 13.6. The maximum Gasteiger partial charge on any atom is 0.333 e. The van der Waals surface area contributed by atoms with Crippen LogP contribution < -0.4 is 0 Å². The molecule has 1 N–H and O–H groups in total. The molecule has 0 bridgehead atoms. The Morgan fingerprint density at radius 1 is 1.14 bits per heavy atom. The number of aliphatic hydroxyl groups excluding tert-OH is 1. The van der Waals surface area contributed by atoms with Crippen LogP contribution in [0.3, 0.4) is 0 Å². The van der Waals surface area contributed by atoms with E-state index in [1.807, 2.05) is 19.9 Å². The number of fused-ring (bicyclic) bond motifs is 4. The van der Waals surface area contributed by atoms with Crippen LogP contribution >= 0.6 is 0 Å². The molecule has 1 aromatic rings. The molecular weight excluding hydrogens is 568 g/mol. The van der Waals surface area contributed by atoms with Gasteiger partial charge in [-0.3, -0.25) is 9.59 Å². The van der Waals surface area contributed by atoms with Gasteiger partial charge in [0.2, 0.25) is 0 Å². The Morgan fingerprint density at radius 2 is 1.84 bits per heavy atom. The molecule has 0 aromatic carbocycles. The maximum absolute atomic E-state index is 13.3. The lowest BCUT2D eigenvalue weighted by molar-refractivity contribution is -0.279. The average molecular weight is 613 g/mol. The van der Waals surface area contributed by atoms with Crippen LogP contribution in [0.5, 0.6) is 0 Å². The Kier molecular flexibility index (Phi) is 8.25. The van der Waals surface area contributed by atoms with E-state index in [-0.39, 0.29) is 24.9 Å². The van der Waals surface area contributed by atoms with Crippen LogP contribution in [0.2, 0.25) is 0 Å². The van der Waals surface area contributed by atoms with E-state index in [0.29, 0.717) is 18.3 Å². The number of carbonyl (C=O) groups is 4. The van der Waals surface area contributed by atoms with Crippen LogP contribution in [0.25, 0.3) is 0 Å². The maximum atomic E-state index is 13.3. The van der Waals surface area contributed by atoms with Gasteiger partial charge in [-0.15, -0.1) is 0 Å². The van der Waals surface area contributed by atoms with Gasteiger partial charge in [0, 0.05) is 48.0 Å². The van der Waals surface area contributed by atoms with E-state index in [0.717, 1.165) is 16.7 Å². The van der Waals surface area contributed by atoms with E-state index in [1.54, 1.807) is 39.4 Å². The molecule has 0 radical (unpaired) electrons. The largest absolute Gasteiger partial charge is 0.472 e. The molecule has 2 heterocycles. The molecule has 1 aromatic heterocycles. The molecule has 1 saturated heterocycles. The smallest absolute Gasteiger partial charge is 0.333 e. The highest BCUT2D eigenvalue weighted by Crippen LogP contribution is 2.72. The van der Waals surface area contributed by atoms with Gasteiger partial charge in [-0.05, 0) is 57.2 Å². The topological polar surface area (TPSA) is 139 Å². The number of carbonyl (C=O) groups excluding carboxylic acids is 4. The normalized spacial score (nSPS) is 41.3. The summed E-state index contributed by atoms with van der Waals surface area (Å²) in [7, 11) is 1.32. The summed E-state index contributed by atoms with van der Waals surface area (Å²) in [4.78, 5) is 52.3. The molecular formula is C34H44O10. The number of esters is 3. The molecule has 11 atom stereocenters. The first-order chi connectivity index (χ1) is 20.7. The van der Waals surface area contributed by atoms with Gasteiger partial charge < -0.3 is 33.3 Å². The lowest BCUT2D eigenvalue weighted by Gasteiger charge is -2.66. The molecule has 240 valence electrons. The number of allylic oxidation sites excluding steroid dienone is 2. The fourth-order valence-corrected chi connectivity index (χ4v) is 9.41. The number of hydrogen-bond acceptors (Lipinski definition) is 10. The third kappa shape index (κ3) is 4.50. The quantitative estimate of drug-likeness (QED) is 0.154. The van der Waals surface area contributed by atoms with Crippen molar-refractivity contribution in [1.29, 1.82) is 0 Å². The molecule has 2 saturated carbocycles. The second kappa shape index (κ2) is 11.3. The minimum Gasteiger partial charge on any atom is -0.472 e. The Bertz CT molecular complexity index is 1390. The van der Waals surface area contributed by atoms with Gasteiger partial charge in [0.25, 0.3) is 0 Å². The molecule has 0 amide bonds. The molecule has 10 nitrogen and oxygen atoms in total. The van der Waals surface area contributed by atoms with Crippen LogP contribution in [0.4, 0.5) is 0 Å². The van der Waals surface area contributed by atoms with E-state index in [1.165, 1.54) is 14.0 Å². The number of aliphatic hydroxyl groups is 1. The lowest BCUT2D eigenvalue weighted by atomic mass is 9.39. The van der Waals surface area contributed by atoms with Gasteiger partial charge in [-0.1, -0.05) is 25.5 Å². The summed E-state index contributed by atoms with van der Waals surface area (Å²) < 4.78 is 29.8. The first-order valence-corrected chi connectivity index (χ1v) is 15.3. The minimum atomic E-state index is -1.42. The number of furan rings is 1. The van der Waals surface area contributed by atoms with Gasteiger partial charge in [-0.2, -0.15) is 0 Å². The Morgan fingerprint density at radius 3 is 2.41 bits per heavy atom. The average Bonchev–Trinajstić information content (AvgIpc) is 3.69. The summed E-state index contributed by atoms with van der Waals surface area (Å²) in [5.74, 6) is -3.06. The number of aldehydes is 1. The molecule has 1 aliphatic heterocycles. The van der Waals surface area contributed by atoms with Crippen molar-refractivity contribution in [3.05, 3.63) is 47.0 Å². The number of methoxy groups -OCH3 is 1. The van der Waals surface area contributed by atoms with Crippen molar-refractivity contribution >= 4 is 24.2 Å². The molecule has 3 fully saturated rings. The fraction of sp³-hybridized carbons (Fsp3) is 0.647. The number of ether oxygens (including phenoxy) is 4. The third-order valence-corrected chi connectivity index (χ3v) is 11.6.